The third-order valence-electron chi connectivity index (χ3n) is 6.09. The molecule has 132 valence electrons. The number of benzene rings is 1. The van der Waals surface area contributed by atoms with Crippen LogP contribution in [-0.4, -0.2) is 32.5 Å². The third-order valence-corrected chi connectivity index (χ3v) is 7.21. The predicted octanol–water partition coefficient (Wildman–Crippen LogP) is 3.44. The summed E-state index contributed by atoms with van der Waals surface area (Å²) in [5, 5.41) is 0. The molecule has 1 aromatic rings. The summed E-state index contributed by atoms with van der Waals surface area (Å²) in [4.78, 5) is 14.8. The van der Waals surface area contributed by atoms with E-state index in [2.05, 4.69) is 0 Å². The molecule has 4 nitrogen and oxygen atoms in total. The Balaban J connectivity index is 1.63. The van der Waals surface area contributed by atoms with Crippen LogP contribution in [0.25, 0.3) is 0 Å². The highest BCUT2D eigenvalue weighted by Crippen LogP contribution is 2.49. The molecule has 2 saturated carbocycles. The van der Waals surface area contributed by atoms with Gasteiger partial charge in [0.05, 0.1) is 10.9 Å². The van der Waals surface area contributed by atoms with E-state index in [1.165, 1.54) is 31.9 Å². The Labute approximate surface area is 145 Å². The lowest BCUT2D eigenvalue weighted by Crippen LogP contribution is -2.32. The monoisotopic (exact) mass is 349 g/mol. The molecule has 24 heavy (non-hydrogen) atoms. The molecular weight excluding hydrogens is 322 g/mol. The maximum absolute atomic E-state index is 12.6. The Morgan fingerprint density at radius 1 is 1.21 bits per heavy atom. The van der Waals surface area contributed by atoms with Crippen molar-refractivity contribution >= 4 is 15.7 Å². The summed E-state index contributed by atoms with van der Waals surface area (Å²) in [7, 11) is -1.33. The van der Waals surface area contributed by atoms with Crippen molar-refractivity contribution in [2.24, 2.45) is 17.8 Å². The number of carbonyl (C=O) groups excluding carboxylic acids is 1. The van der Waals surface area contributed by atoms with Crippen LogP contribution in [0.5, 0.6) is 0 Å². The lowest BCUT2D eigenvalue weighted by molar-refractivity contribution is -0.133. The van der Waals surface area contributed by atoms with Gasteiger partial charge in [-0.05, 0) is 61.6 Å². The van der Waals surface area contributed by atoms with Gasteiger partial charge in [-0.15, -0.1) is 0 Å². The summed E-state index contributed by atoms with van der Waals surface area (Å²) in [5.74, 6) is 2.39. The number of hydrogen-bond donors (Lipinski definition) is 0. The van der Waals surface area contributed by atoms with E-state index in [1.807, 2.05) is 26.1 Å². The van der Waals surface area contributed by atoms with Crippen LogP contribution in [0.4, 0.5) is 0 Å². The number of sulfone groups is 1. The van der Waals surface area contributed by atoms with Crippen LogP contribution in [0.3, 0.4) is 0 Å². The van der Waals surface area contributed by atoms with Crippen molar-refractivity contribution in [1.82, 2.24) is 4.90 Å². The molecule has 0 spiro atoms. The minimum atomic E-state index is -3.18. The van der Waals surface area contributed by atoms with Crippen LogP contribution in [0.1, 0.15) is 50.6 Å². The van der Waals surface area contributed by atoms with Crippen molar-refractivity contribution in [3.63, 3.8) is 0 Å². The van der Waals surface area contributed by atoms with Gasteiger partial charge in [0, 0.05) is 19.7 Å². The first kappa shape index (κ1) is 17.5. The molecule has 2 aliphatic rings. The summed E-state index contributed by atoms with van der Waals surface area (Å²) >= 11 is 0. The molecule has 4 unspecified atom stereocenters. The molecule has 1 amide bonds. The summed E-state index contributed by atoms with van der Waals surface area (Å²) in [6.07, 6.45) is 7.06. The van der Waals surface area contributed by atoms with Gasteiger partial charge >= 0.3 is 0 Å². The highest BCUT2D eigenvalue weighted by molar-refractivity contribution is 7.90. The topological polar surface area (TPSA) is 54.5 Å². The number of hydrogen-bond acceptors (Lipinski definition) is 3. The van der Waals surface area contributed by atoms with Crippen molar-refractivity contribution in [2.75, 3.05) is 13.3 Å². The zero-order valence-electron chi connectivity index (χ0n) is 14.7. The second kappa shape index (κ2) is 6.51. The van der Waals surface area contributed by atoms with Crippen LogP contribution in [0, 0.1) is 17.8 Å². The second-order valence-corrected chi connectivity index (χ2v) is 9.68. The average Bonchev–Trinajstić information content (AvgIpc) is 3.15. The fourth-order valence-corrected chi connectivity index (χ4v) is 5.06. The van der Waals surface area contributed by atoms with Crippen LogP contribution < -0.4 is 0 Å². The fraction of sp³-hybridized carbons (Fsp3) is 0.632. The molecule has 0 saturated heterocycles. The first-order valence-corrected chi connectivity index (χ1v) is 10.7. The molecule has 2 fully saturated rings. The smallest absolute Gasteiger partial charge is 0.223 e. The van der Waals surface area contributed by atoms with Crippen LogP contribution >= 0.6 is 0 Å². The van der Waals surface area contributed by atoms with E-state index in [0.717, 1.165) is 17.4 Å². The van der Waals surface area contributed by atoms with Gasteiger partial charge in [0.2, 0.25) is 5.91 Å². The molecular formula is C19H27NO3S. The van der Waals surface area contributed by atoms with Crippen molar-refractivity contribution in [3.8, 4) is 0 Å². The zero-order valence-corrected chi connectivity index (χ0v) is 15.6. The lowest BCUT2D eigenvalue weighted by atomic mass is 9.86. The molecule has 1 aromatic carbocycles. The predicted molar refractivity (Wildman–Crippen MR) is 94.3 cm³/mol. The minimum absolute atomic E-state index is 0.0512. The average molecular weight is 349 g/mol. The van der Waals surface area contributed by atoms with Gasteiger partial charge in [0.25, 0.3) is 0 Å². The number of rotatable bonds is 5. The van der Waals surface area contributed by atoms with Crippen LogP contribution in [0.2, 0.25) is 0 Å². The Kier molecular flexibility index (Phi) is 4.73. The first-order valence-electron chi connectivity index (χ1n) is 8.81. The van der Waals surface area contributed by atoms with Gasteiger partial charge in [-0.2, -0.15) is 0 Å². The summed E-state index contributed by atoms with van der Waals surface area (Å²) in [6.45, 7) is 1.99. The van der Waals surface area contributed by atoms with E-state index in [1.54, 1.807) is 17.0 Å². The van der Waals surface area contributed by atoms with Gasteiger partial charge in [-0.1, -0.05) is 18.6 Å². The quantitative estimate of drug-likeness (QED) is 0.818. The Morgan fingerprint density at radius 2 is 1.88 bits per heavy atom. The third kappa shape index (κ3) is 3.51. The maximum Gasteiger partial charge on any atom is 0.223 e. The number of nitrogens with zero attached hydrogens (tertiary/aromatic N) is 1. The number of amides is 1. The van der Waals surface area contributed by atoms with E-state index in [-0.39, 0.29) is 11.9 Å². The normalized spacial score (nSPS) is 27.2. The number of fused-ring (bicyclic) bond motifs is 2. The van der Waals surface area contributed by atoms with Gasteiger partial charge in [0.1, 0.15) is 0 Å². The molecule has 3 rings (SSSR count). The van der Waals surface area contributed by atoms with Crippen molar-refractivity contribution < 1.29 is 13.2 Å². The Hall–Kier alpha value is -1.36. The minimum Gasteiger partial charge on any atom is -0.339 e. The fourth-order valence-electron chi connectivity index (χ4n) is 4.43. The molecule has 4 atom stereocenters. The van der Waals surface area contributed by atoms with Crippen molar-refractivity contribution in [2.45, 2.75) is 50.0 Å². The highest BCUT2D eigenvalue weighted by Gasteiger charge is 2.40. The molecule has 2 bridgehead atoms. The maximum atomic E-state index is 12.6. The van der Waals surface area contributed by atoms with Gasteiger partial charge in [-0.25, -0.2) is 8.42 Å². The standard InChI is InChI=1S/C19H27NO3S/c1-13(15-6-8-18(9-7-15)24(3,22)23)20(2)19(21)12-17-11-14-4-5-16(17)10-14/h6-9,13-14,16-17H,4-5,10-12H2,1-3H3. The molecule has 5 heteroatoms. The Morgan fingerprint density at radius 3 is 2.38 bits per heavy atom. The lowest BCUT2D eigenvalue weighted by Gasteiger charge is -2.29. The van der Waals surface area contributed by atoms with E-state index < -0.39 is 9.84 Å². The molecule has 0 heterocycles. The number of carbonyl (C=O) groups is 1. The van der Waals surface area contributed by atoms with Crippen molar-refractivity contribution in [1.29, 1.82) is 0 Å². The summed E-state index contributed by atoms with van der Waals surface area (Å²) < 4.78 is 23.1. The van der Waals surface area contributed by atoms with E-state index in [4.69, 9.17) is 0 Å². The van der Waals surface area contributed by atoms with Crippen LogP contribution in [-0.2, 0) is 14.6 Å². The van der Waals surface area contributed by atoms with E-state index in [9.17, 15) is 13.2 Å². The van der Waals surface area contributed by atoms with Gasteiger partial charge in [0.15, 0.2) is 9.84 Å². The van der Waals surface area contributed by atoms with E-state index in [0.29, 0.717) is 17.2 Å². The van der Waals surface area contributed by atoms with E-state index >= 15 is 0 Å². The Bertz CT molecular complexity index is 711. The molecule has 2 aliphatic carbocycles. The molecule has 0 radical (unpaired) electrons. The zero-order chi connectivity index (χ0) is 17.5. The highest BCUT2D eigenvalue weighted by atomic mass is 32.2. The summed E-state index contributed by atoms with van der Waals surface area (Å²) in [6, 6.07) is 6.81. The molecule has 0 N–H and O–H groups in total. The van der Waals surface area contributed by atoms with Gasteiger partial charge in [-0.3, -0.25) is 4.79 Å². The van der Waals surface area contributed by atoms with Gasteiger partial charge < -0.3 is 4.90 Å². The molecule has 0 aromatic heterocycles. The van der Waals surface area contributed by atoms with Crippen LogP contribution in [0.15, 0.2) is 29.2 Å². The largest absolute Gasteiger partial charge is 0.339 e. The molecule has 0 aliphatic heterocycles. The second-order valence-electron chi connectivity index (χ2n) is 7.66. The summed E-state index contributed by atoms with van der Waals surface area (Å²) in [5.41, 5.74) is 0.964. The first-order chi connectivity index (χ1) is 11.3. The SMILES string of the molecule is CC(c1ccc(S(C)(=O)=O)cc1)N(C)C(=O)CC1CC2CCC1C2. The van der Waals surface area contributed by atoms with Crippen molar-refractivity contribution in [3.05, 3.63) is 29.8 Å².